The lowest BCUT2D eigenvalue weighted by atomic mass is 10.5. The second-order valence-corrected chi connectivity index (χ2v) is 3.46. The van der Waals surface area contributed by atoms with Crippen molar-refractivity contribution in [2.75, 3.05) is 31.7 Å². The van der Waals surface area contributed by atoms with Gasteiger partial charge in [0.15, 0.2) is 0 Å². The van der Waals surface area contributed by atoms with Crippen LogP contribution in [0.25, 0.3) is 0 Å². The summed E-state index contributed by atoms with van der Waals surface area (Å²) in [5.74, 6) is 0.882. The summed E-state index contributed by atoms with van der Waals surface area (Å²) in [6.07, 6.45) is 0.0289. The van der Waals surface area contributed by atoms with E-state index in [0.29, 0.717) is 25.0 Å². The Hall–Kier alpha value is -1.50. The summed E-state index contributed by atoms with van der Waals surface area (Å²) >= 11 is 0. The van der Waals surface area contributed by atoms with Gasteiger partial charge in [0.25, 0.3) is 6.43 Å². The van der Waals surface area contributed by atoms with Gasteiger partial charge in [-0.25, -0.2) is 13.8 Å². The lowest BCUT2D eigenvalue weighted by Crippen LogP contribution is -2.14. The molecule has 0 radical (unpaired) electrons. The van der Waals surface area contributed by atoms with E-state index in [4.69, 9.17) is 9.47 Å². The summed E-state index contributed by atoms with van der Waals surface area (Å²) in [4.78, 5) is 8.07. The topological polar surface area (TPSA) is 56.3 Å². The Balaban J connectivity index is 2.24. The van der Waals surface area contributed by atoms with E-state index < -0.39 is 13.0 Å². The van der Waals surface area contributed by atoms with Crippen molar-refractivity contribution < 1.29 is 18.3 Å². The van der Waals surface area contributed by atoms with Crippen LogP contribution in [0.5, 0.6) is 5.88 Å². The highest BCUT2D eigenvalue weighted by Gasteiger charge is 2.02. The molecule has 102 valence electrons. The van der Waals surface area contributed by atoms with Crippen molar-refractivity contribution in [3.8, 4) is 5.88 Å². The molecule has 5 nitrogen and oxygen atoms in total. The zero-order valence-electron chi connectivity index (χ0n) is 10.2. The Morgan fingerprint density at radius 3 is 2.94 bits per heavy atom. The molecule has 0 atom stereocenters. The number of hydrogen-bond acceptors (Lipinski definition) is 5. The number of hydrogen-bond donors (Lipinski definition) is 1. The van der Waals surface area contributed by atoms with Gasteiger partial charge >= 0.3 is 0 Å². The third kappa shape index (κ3) is 6.29. The summed E-state index contributed by atoms with van der Waals surface area (Å²) in [5.41, 5.74) is 0. The number of rotatable bonds is 9. The predicted octanol–water partition coefficient (Wildman–Crippen LogP) is 1.96. The third-order valence-corrected chi connectivity index (χ3v) is 1.86. The van der Waals surface area contributed by atoms with E-state index >= 15 is 0 Å². The average Bonchev–Trinajstić information content (AvgIpc) is 2.36. The van der Waals surface area contributed by atoms with E-state index in [-0.39, 0.29) is 6.61 Å². The van der Waals surface area contributed by atoms with Crippen LogP contribution in [0.15, 0.2) is 12.3 Å². The predicted molar refractivity (Wildman–Crippen MR) is 63.1 cm³/mol. The van der Waals surface area contributed by atoms with Crippen molar-refractivity contribution in [1.82, 2.24) is 9.97 Å². The summed E-state index contributed by atoms with van der Waals surface area (Å²) in [5, 5.41) is 2.86. The molecule has 0 saturated heterocycles. The highest BCUT2D eigenvalue weighted by atomic mass is 19.3. The van der Waals surface area contributed by atoms with E-state index in [9.17, 15) is 8.78 Å². The van der Waals surface area contributed by atoms with E-state index in [2.05, 4.69) is 15.3 Å². The molecule has 0 aliphatic carbocycles. The first kappa shape index (κ1) is 14.6. The Bertz CT molecular complexity index is 340. The molecule has 1 N–H and O–H groups in total. The van der Waals surface area contributed by atoms with Crippen molar-refractivity contribution in [1.29, 1.82) is 0 Å². The molecule has 0 amide bonds. The monoisotopic (exact) mass is 261 g/mol. The third-order valence-electron chi connectivity index (χ3n) is 1.86. The quantitative estimate of drug-likeness (QED) is 0.689. The maximum Gasteiger partial charge on any atom is 0.261 e. The standard InChI is InChI=1S/C11H17F2N3O2/c1-2-6-18-10-3-4-14-11(16-10)15-5-7-17-8-9(12)13/h3-4,9H,2,5-8H2,1H3,(H,14,15,16). The van der Waals surface area contributed by atoms with Gasteiger partial charge in [0, 0.05) is 18.8 Å². The molecule has 0 fully saturated rings. The van der Waals surface area contributed by atoms with Gasteiger partial charge < -0.3 is 14.8 Å². The maximum atomic E-state index is 11.8. The number of halogens is 2. The minimum atomic E-state index is -2.44. The van der Waals surface area contributed by atoms with Gasteiger partial charge in [-0.05, 0) is 6.42 Å². The number of nitrogens with zero attached hydrogens (tertiary/aromatic N) is 2. The first-order chi connectivity index (χ1) is 8.72. The molecule has 0 aromatic carbocycles. The van der Waals surface area contributed by atoms with E-state index in [0.717, 1.165) is 6.42 Å². The van der Waals surface area contributed by atoms with Crippen molar-refractivity contribution in [3.63, 3.8) is 0 Å². The molecule has 0 spiro atoms. The van der Waals surface area contributed by atoms with E-state index in [1.807, 2.05) is 6.92 Å². The highest BCUT2D eigenvalue weighted by molar-refractivity contribution is 5.27. The number of ether oxygens (including phenoxy) is 2. The van der Waals surface area contributed by atoms with Crippen LogP contribution in [0.1, 0.15) is 13.3 Å². The smallest absolute Gasteiger partial charge is 0.261 e. The Morgan fingerprint density at radius 1 is 1.39 bits per heavy atom. The minimum Gasteiger partial charge on any atom is -0.478 e. The number of aromatic nitrogens is 2. The van der Waals surface area contributed by atoms with Crippen molar-refractivity contribution >= 4 is 5.95 Å². The van der Waals surface area contributed by atoms with Gasteiger partial charge in [-0.15, -0.1) is 0 Å². The first-order valence-electron chi connectivity index (χ1n) is 5.78. The molecule has 18 heavy (non-hydrogen) atoms. The normalized spacial score (nSPS) is 10.7. The van der Waals surface area contributed by atoms with Crippen molar-refractivity contribution in [3.05, 3.63) is 12.3 Å². The van der Waals surface area contributed by atoms with Crippen molar-refractivity contribution in [2.45, 2.75) is 19.8 Å². The zero-order chi connectivity index (χ0) is 13.2. The van der Waals surface area contributed by atoms with Gasteiger partial charge in [0.1, 0.15) is 6.61 Å². The molecular weight excluding hydrogens is 244 g/mol. The van der Waals surface area contributed by atoms with Crippen LogP contribution >= 0.6 is 0 Å². The summed E-state index contributed by atoms with van der Waals surface area (Å²) < 4.78 is 33.6. The van der Waals surface area contributed by atoms with Gasteiger partial charge in [-0.3, -0.25) is 0 Å². The van der Waals surface area contributed by atoms with Gasteiger partial charge in [0.05, 0.1) is 13.2 Å². The van der Waals surface area contributed by atoms with E-state index in [1.165, 1.54) is 0 Å². The summed E-state index contributed by atoms with van der Waals surface area (Å²) in [6.45, 7) is 2.58. The van der Waals surface area contributed by atoms with Crippen LogP contribution in [0.2, 0.25) is 0 Å². The molecule has 1 rings (SSSR count). The molecule has 0 bridgehead atoms. The van der Waals surface area contributed by atoms with Crippen LogP contribution in [-0.2, 0) is 4.74 Å². The zero-order valence-corrected chi connectivity index (χ0v) is 10.2. The highest BCUT2D eigenvalue weighted by Crippen LogP contribution is 2.08. The fraction of sp³-hybridized carbons (Fsp3) is 0.636. The van der Waals surface area contributed by atoms with Gasteiger partial charge in [-0.1, -0.05) is 6.92 Å². The lowest BCUT2D eigenvalue weighted by molar-refractivity contribution is 0.0214. The molecule has 0 aliphatic rings. The minimum absolute atomic E-state index is 0.174. The maximum absolute atomic E-state index is 11.8. The molecule has 7 heteroatoms. The van der Waals surface area contributed by atoms with Crippen LogP contribution in [0, 0.1) is 0 Å². The molecule has 0 saturated carbocycles. The second-order valence-electron chi connectivity index (χ2n) is 3.46. The molecule has 1 aromatic heterocycles. The second kappa shape index (κ2) is 8.57. The lowest BCUT2D eigenvalue weighted by Gasteiger charge is -2.07. The fourth-order valence-corrected chi connectivity index (χ4v) is 1.12. The number of anilines is 1. The molecule has 1 heterocycles. The Labute approximate surface area is 105 Å². The molecule has 0 unspecified atom stereocenters. The first-order valence-corrected chi connectivity index (χ1v) is 5.78. The number of alkyl halides is 2. The largest absolute Gasteiger partial charge is 0.478 e. The Morgan fingerprint density at radius 2 is 2.22 bits per heavy atom. The molecule has 1 aromatic rings. The van der Waals surface area contributed by atoms with Crippen molar-refractivity contribution in [2.24, 2.45) is 0 Å². The van der Waals surface area contributed by atoms with Crippen LogP contribution < -0.4 is 10.1 Å². The van der Waals surface area contributed by atoms with E-state index in [1.54, 1.807) is 12.3 Å². The fourth-order valence-electron chi connectivity index (χ4n) is 1.12. The average molecular weight is 261 g/mol. The Kier molecular flexibility index (Phi) is 6.93. The molecule has 0 aliphatic heterocycles. The SMILES string of the molecule is CCCOc1ccnc(NCCOCC(F)F)n1. The van der Waals surface area contributed by atoms with Crippen LogP contribution in [-0.4, -0.2) is 42.8 Å². The number of nitrogens with one attached hydrogen (secondary N) is 1. The van der Waals surface area contributed by atoms with Gasteiger partial charge in [-0.2, -0.15) is 4.98 Å². The molecular formula is C11H17F2N3O2. The van der Waals surface area contributed by atoms with Crippen LogP contribution in [0.3, 0.4) is 0 Å². The summed E-state index contributed by atoms with van der Waals surface area (Å²) in [7, 11) is 0. The summed E-state index contributed by atoms with van der Waals surface area (Å²) in [6, 6.07) is 1.66. The van der Waals surface area contributed by atoms with Crippen LogP contribution in [0.4, 0.5) is 14.7 Å². The van der Waals surface area contributed by atoms with Gasteiger partial charge in [0.2, 0.25) is 11.8 Å².